The molecular formula is C29H22F7IN4O3-. The molecule has 233 valence electrons. The van der Waals surface area contributed by atoms with Crippen LogP contribution in [0.1, 0.15) is 36.1 Å². The van der Waals surface area contributed by atoms with Crippen LogP contribution in [0.25, 0.3) is 11.1 Å². The van der Waals surface area contributed by atoms with Crippen LogP contribution in [0.5, 0.6) is 0 Å². The summed E-state index contributed by atoms with van der Waals surface area (Å²) in [5.74, 6) is -5.08. The first kappa shape index (κ1) is 31.7. The average Bonchev–Trinajstić information content (AvgIpc) is 2.92. The number of aliphatic hydroxyl groups is 1. The van der Waals surface area contributed by atoms with Crippen LogP contribution in [0.4, 0.5) is 36.4 Å². The maximum Gasteiger partial charge on any atom is 0.433 e. The minimum absolute atomic E-state index is 0.0534. The van der Waals surface area contributed by atoms with Gasteiger partial charge in [-0.1, -0.05) is 24.3 Å². The van der Waals surface area contributed by atoms with E-state index in [4.69, 9.17) is 0 Å². The molecule has 2 heterocycles. The first-order chi connectivity index (χ1) is 20.5. The van der Waals surface area contributed by atoms with E-state index in [1.807, 2.05) is 0 Å². The van der Waals surface area contributed by atoms with Crippen LogP contribution in [-0.2, 0) is 26.2 Å². The highest BCUT2D eigenvalue weighted by Crippen LogP contribution is 2.47. The number of anilines is 1. The van der Waals surface area contributed by atoms with E-state index in [9.17, 15) is 45.4 Å². The molecule has 2 amide bonds. The quantitative estimate of drug-likeness (QED) is 0.176. The van der Waals surface area contributed by atoms with E-state index < -0.39 is 68.2 Å². The molecule has 5 rings (SSSR count). The van der Waals surface area contributed by atoms with Crippen LogP contribution in [0.15, 0.2) is 66.1 Å². The predicted octanol–water partition coefficient (Wildman–Crippen LogP) is 3.21. The molecule has 0 bridgehead atoms. The highest BCUT2D eigenvalue weighted by Gasteiger charge is 2.55. The molecule has 2 aromatic carbocycles. The Hall–Kier alpha value is -3.73. The Balaban J connectivity index is 1.54. The number of hydrogen-bond donors (Lipinski definition) is 2. The standard InChI is InChI=1S/C29H22F7IN4O3/c1-40-27(10-3-11-27)24(42)22(26(44)41(40)14-16-4-2-5-19(30)23(16)31)25(43)39-20-8-7-17(29(35,36)37)12-18(20)15-6-9-21(38-13-15)28(32,33)34/h2,4-9,12-13,42H,3,10-11,14H2,1H3,(H,39,43)/q-1. The normalized spacial score (nSPS) is 17.2. The number of nitrogens with zero attached hydrogens (tertiary/aromatic N) is 3. The molecule has 1 aromatic heterocycles. The average molecular weight is 734 g/mol. The number of rotatable bonds is 6. The molecule has 1 radical (unpaired) electrons. The molecule has 15 heteroatoms. The molecule has 1 aliphatic carbocycles. The Labute approximate surface area is 259 Å². The molecule has 2 N–H and O–H groups in total. The van der Waals surface area contributed by atoms with E-state index >= 15 is 0 Å². The molecule has 1 aliphatic heterocycles. The number of alkyl halides is 6. The van der Waals surface area contributed by atoms with E-state index in [0.29, 0.717) is 25.3 Å². The summed E-state index contributed by atoms with van der Waals surface area (Å²) in [7, 11) is 1.47. The second-order valence-electron chi connectivity index (χ2n) is 10.4. The van der Waals surface area contributed by atoms with Gasteiger partial charge in [0.2, 0.25) is 0 Å². The van der Waals surface area contributed by atoms with Gasteiger partial charge >= 0.3 is 6.18 Å². The maximum absolute atomic E-state index is 14.5. The van der Waals surface area contributed by atoms with Crippen molar-refractivity contribution in [3.63, 3.8) is 0 Å². The van der Waals surface area contributed by atoms with E-state index in [2.05, 4.69) is 10.3 Å². The fraction of sp³-hybridized carbons (Fsp3) is 0.276. The minimum atomic E-state index is -4.76. The van der Waals surface area contributed by atoms with Crippen molar-refractivity contribution < 1.29 is 68.0 Å². The summed E-state index contributed by atoms with van der Waals surface area (Å²) < 4.78 is 92.7. The summed E-state index contributed by atoms with van der Waals surface area (Å²) in [5.41, 5.74) is -4.20. The molecule has 1 fully saturated rings. The number of amides is 2. The van der Waals surface area contributed by atoms with Crippen LogP contribution in [0.3, 0.4) is 0 Å². The lowest BCUT2D eigenvalue weighted by molar-refractivity contribution is -0.583. The van der Waals surface area contributed by atoms with Gasteiger partial charge in [0.15, 0.2) is 15.6 Å². The SMILES string of the molecule is CN1N(Cc2cccc(F)c2F)C(=O)C(C(=O)Nc2ccc(C(F)(F)[I-])cc2-c2ccc(C(F)(F)F)nc2)=C(O)C12CCC2. The van der Waals surface area contributed by atoms with E-state index in [1.54, 1.807) is 0 Å². The summed E-state index contributed by atoms with van der Waals surface area (Å²) in [6.07, 6.45) is -2.69. The number of aliphatic hydroxyl groups excluding tert-OH is 1. The Kier molecular flexibility index (Phi) is 8.15. The molecule has 1 spiro atoms. The number of hydrogen-bond acceptors (Lipinski definition) is 5. The number of carbonyl (C=O) groups is 2. The van der Waals surface area contributed by atoms with Crippen molar-refractivity contribution in [3.05, 3.63) is 94.5 Å². The first-order valence-electron chi connectivity index (χ1n) is 13.0. The van der Waals surface area contributed by atoms with Gasteiger partial charge in [-0.25, -0.2) is 22.6 Å². The van der Waals surface area contributed by atoms with Gasteiger partial charge in [-0.3, -0.25) is 19.6 Å². The highest BCUT2D eigenvalue weighted by molar-refractivity contribution is 6.24. The second-order valence-corrected chi connectivity index (χ2v) is 11.7. The predicted molar refractivity (Wildman–Crippen MR) is 138 cm³/mol. The monoisotopic (exact) mass is 734 g/mol. The molecule has 0 saturated heterocycles. The molecule has 44 heavy (non-hydrogen) atoms. The Bertz CT molecular complexity index is 1670. The van der Waals surface area contributed by atoms with Crippen LogP contribution < -0.4 is 27.9 Å². The summed E-state index contributed by atoms with van der Waals surface area (Å²) in [6, 6.07) is 8.09. The molecular weight excluding hydrogens is 712 g/mol. The zero-order chi connectivity index (χ0) is 32.2. The van der Waals surface area contributed by atoms with Crippen molar-refractivity contribution in [1.82, 2.24) is 15.0 Å². The van der Waals surface area contributed by atoms with Crippen molar-refractivity contribution >= 4 is 17.5 Å². The summed E-state index contributed by atoms with van der Waals surface area (Å²) >= 11 is 0.873. The Morgan fingerprint density at radius 3 is 2.36 bits per heavy atom. The Morgan fingerprint density at radius 1 is 1.09 bits per heavy atom. The van der Waals surface area contributed by atoms with Gasteiger partial charge in [0.05, 0.1) is 12.1 Å². The molecule has 0 atom stereocenters. The number of benzene rings is 2. The minimum Gasteiger partial charge on any atom is -0.709 e. The largest absolute Gasteiger partial charge is 0.709 e. The summed E-state index contributed by atoms with van der Waals surface area (Å²) in [4.78, 5) is 30.7. The third-order valence-electron chi connectivity index (χ3n) is 7.83. The molecule has 3 aromatic rings. The van der Waals surface area contributed by atoms with Crippen LogP contribution >= 0.6 is 0 Å². The third-order valence-corrected chi connectivity index (χ3v) is 8.45. The number of pyridine rings is 1. The number of nitrogens with one attached hydrogen (secondary N) is 1. The third kappa shape index (κ3) is 5.62. The number of likely N-dealkylation sites (N-methyl/N-ethyl adjacent to an activating group) is 1. The maximum atomic E-state index is 14.5. The smallest absolute Gasteiger partial charge is 0.433 e. The van der Waals surface area contributed by atoms with Crippen molar-refractivity contribution in [2.24, 2.45) is 0 Å². The zero-order valence-electron chi connectivity index (χ0n) is 22.7. The van der Waals surface area contributed by atoms with E-state index in [-0.39, 0.29) is 22.4 Å². The van der Waals surface area contributed by atoms with Crippen molar-refractivity contribution in [1.29, 1.82) is 0 Å². The molecule has 7 nitrogen and oxygen atoms in total. The lowest BCUT2D eigenvalue weighted by atomic mass is 9.72. The van der Waals surface area contributed by atoms with Crippen molar-refractivity contribution in [2.75, 3.05) is 12.4 Å². The first-order valence-corrected chi connectivity index (χ1v) is 14.1. The van der Waals surface area contributed by atoms with Gasteiger partial charge < -0.3 is 33.0 Å². The molecule has 0 unspecified atom stereocenters. The molecule has 2 aliphatic rings. The van der Waals surface area contributed by atoms with Gasteiger partial charge in [0, 0.05) is 35.6 Å². The van der Waals surface area contributed by atoms with Gasteiger partial charge in [-0.15, -0.1) is 0 Å². The van der Waals surface area contributed by atoms with E-state index in [0.717, 1.165) is 64.1 Å². The number of hydrazine groups is 1. The van der Waals surface area contributed by atoms with Gasteiger partial charge in [0.25, 0.3) is 11.8 Å². The van der Waals surface area contributed by atoms with Gasteiger partial charge in [-0.2, -0.15) is 13.2 Å². The fourth-order valence-electron chi connectivity index (χ4n) is 5.24. The van der Waals surface area contributed by atoms with E-state index in [1.165, 1.54) is 24.2 Å². The number of halogens is 8. The topological polar surface area (TPSA) is 85.8 Å². The molecule has 1 saturated carbocycles. The number of aromatic nitrogens is 1. The van der Waals surface area contributed by atoms with Crippen LogP contribution in [0.2, 0.25) is 0 Å². The van der Waals surface area contributed by atoms with Crippen molar-refractivity contribution in [3.8, 4) is 11.1 Å². The van der Waals surface area contributed by atoms with Gasteiger partial charge in [0.1, 0.15) is 17.0 Å². The Morgan fingerprint density at radius 2 is 1.80 bits per heavy atom. The van der Waals surface area contributed by atoms with Gasteiger partial charge in [-0.05, 0) is 49.1 Å². The second kappa shape index (κ2) is 11.3. The highest BCUT2D eigenvalue weighted by atomic mass is 127. The fourth-order valence-corrected chi connectivity index (χ4v) is 5.58. The summed E-state index contributed by atoms with van der Waals surface area (Å²) in [6.45, 7) is -0.480. The number of carbonyl (C=O) groups excluding carboxylic acids is 2. The lowest BCUT2D eigenvalue weighted by Crippen LogP contribution is -3.40. The zero-order valence-corrected chi connectivity index (χ0v) is 24.8. The van der Waals surface area contributed by atoms with Crippen LogP contribution in [-0.4, -0.2) is 44.5 Å². The van der Waals surface area contributed by atoms with Crippen LogP contribution in [0, 0.1) is 11.6 Å². The summed E-state index contributed by atoms with van der Waals surface area (Å²) in [5, 5.41) is 16.0. The van der Waals surface area contributed by atoms with Crippen molar-refractivity contribution in [2.45, 2.75) is 41.5 Å². The lowest BCUT2D eigenvalue weighted by Gasteiger charge is -2.54.